The van der Waals surface area contributed by atoms with Gasteiger partial charge in [0.05, 0.1) is 11.5 Å². The lowest BCUT2D eigenvalue weighted by molar-refractivity contribution is -0.385. The van der Waals surface area contributed by atoms with Gasteiger partial charge in [0, 0.05) is 11.8 Å². The third-order valence-corrected chi connectivity index (χ3v) is 2.16. The van der Waals surface area contributed by atoms with E-state index in [1.807, 2.05) is 6.07 Å². The number of nitrogens with zero attached hydrogens (tertiary/aromatic N) is 5. The Bertz CT molecular complexity index is 599. The van der Waals surface area contributed by atoms with Crippen LogP contribution in [0.4, 0.5) is 5.69 Å². The van der Waals surface area contributed by atoms with Gasteiger partial charge in [-0.2, -0.15) is 10.4 Å². The molecule has 0 fully saturated rings. The van der Waals surface area contributed by atoms with E-state index >= 15 is 0 Å². The molecule has 0 aliphatic carbocycles. The van der Waals surface area contributed by atoms with Crippen LogP contribution in [0.25, 0.3) is 0 Å². The summed E-state index contributed by atoms with van der Waals surface area (Å²) in [7, 11) is 0. The van der Waals surface area contributed by atoms with Crippen molar-refractivity contribution in [3.05, 3.63) is 52.1 Å². The molecule has 0 aliphatic heterocycles. The molecule has 0 aliphatic rings. The highest BCUT2D eigenvalue weighted by Crippen LogP contribution is 2.11. The second-order valence-electron chi connectivity index (χ2n) is 3.28. The predicted molar refractivity (Wildman–Crippen MR) is 56.9 cm³/mol. The van der Waals surface area contributed by atoms with E-state index in [1.54, 1.807) is 12.1 Å². The number of aromatic nitrogens is 3. The summed E-state index contributed by atoms with van der Waals surface area (Å²) in [4.78, 5) is 13.9. The standard InChI is InChI=1S/C10H7N5O2/c11-4-10-8(2-1-3-12-10)6-14-7-9(5-13-14)15(16)17/h1-3,5,7H,6H2. The van der Waals surface area contributed by atoms with Gasteiger partial charge >= 0.3 is 5.69 Å². The quantitative estimate of drug-likeness (QED) is 0.579. The van der Waals surface area contributed by atoms with Gasteiger partial charge in [0.15, 0.2) is 0 Å². The Morgan fingerprint density at radius 3 is 3.06 bits per heavy atom. The van der Waals surface area contributed by atoms with Crippen molar-refractivity contribution >= 4 is 5.69 Å². The second-order valence-corrected chi connectivity index (χ2v) is 3.28. The minimum absolute atomic E-state index is 0.0765. The summed E-state index contributed by atoms with van der Waals surface area (Å²) >= 11 is 0. The molecule has 2 aromatic rings. The number of rotatable bonds is 3. The maximum Gasteiger partial charge on any atom is 0.307 e. The van der Waals surface area contributed by atoms with Crippen LogP contribution in [-0.4, -0.2) is 19.7 Å². The average Bonchev–Trinajstić information content (AvgIpc) is 2.78. The van der Waals surface area contributed by atoms with Gasteiger partial charge < -0.3 is 0 Å². The largest absolute Gasteiger partial charge is 0.307 e. The van der Waals surface area contributed by atoms with Crippen LogP contribution in [0.1, 0.15) is 11.3 Å². The van der Waals surface area contributed by atoms with Gasteiger partial charge in [-0.3, -0.25) is 14.8 Å². The Kier molecular flexibility index (Phi) is 2.79. The molecule has 0 saturated heterocycles. The van der Waals surface area contributed by atoms with Crippen LogP contribution in [-0.2, 0) is 6.54 Å². The first kappa shape index (κ1) is 10.8. The molecular formula is C10H7N5O2. The Labute approximate surface area is 96.1 Å². The second kappa shape index (κ2) is 4.40. The SMILES string of the molecule is N#Cc1ncccc1Cn1cc([N+](=O)[O-])cn1. The molecule has 0 amide bonds. The fourth-order valence-corrected chi connectivity index (χ4v) is 1.37. The molecule has 0 radical (unpaired) electrons. The molecule has 17 heavy (non-hydrogen) atoms. The first-order valence-corrected chi connectivity index (χ1v) is 4.71. The maximum atomic E-state index is 10.5. The minimum Gasteiger partial charge on any atom is -0.261 e. The summed E-state index contributed by atoms with van der Waals surface area (Å²) in [5.74, 6) is 0. The van der Waals surface area contributed by atoms with E-state index in [0.29, 0.717) is 11.3 Å². The highest BCUT2D eigenvalue weighted by Gasteiger charge is 2.10. The van der Waals surface area contributed by atoms with Crippen molar-refractivity contribution in [1.29, 1.82) is 5.26 Å². The molecule has 7 nitrogen and oxygen atoms in total. The van der Waals surface area contributed by atoms with Crippen LogP contribution in [0.2, 0.25) is 0 Å². The smallest absolute Gasteiger partial charge is 0.261 e. The summed E-state index contributed by atoms with van der Waals surface area (Å²) in [5.41, 5.74) is 0.894. The van der Waals surface area contributed by atoms with Gasteiger partial charge in [-0.05, 0) is 6.07 Å². The van der Waals surface area contributed by atoms with Crippen molar-refractivity contribution < 1.29 is 4.92 Å². The molecule has 0 atom stereocenters. The van der Waals surface area contributed by atoms with E-state index in [1.165, 1.54) is 23.3 Å². The van der Waals surface area contributed by atoms with E-state index in [-0.39, 0.29) is 12.2 Å². The van der Waals surface area contributed by atoms with Gasteiger partial charge in [-0.15, -0.1) is 0 Å². The Balaban J connectivity index is 2.26. The summed E-state index contributed by atoms with van der Waals surface area (Å²) in [6.07, 6.45) is 4.00. The zero-order chi connectivity index (χ0) is 12.3. The molecule has 2 heterocycles. The first-order valence-electron chi connectivity index (χ1n) is 4.71. The highest BCUT2D eigenvalue weighted by atomic mass is 16.6. The average molecular weight is 229 g/mol. The lowest BCUT2D eigenvalue weighted by Crippen LogP contribution is -2.03. The van der Waals surface area contributed by atoms with Crippen molar-refractivity contribution in [2.45, 2.75) is 6.54 Å². The Morgan fingerprint density at radius 1 is 1.59 bits per heavy atom. The minimum atomic E-state index is -0.516. The fraction of sp³-hybridized carbons (Fsp3) is 0.100. The number of hydrogen-bond donors (Lipinski definition) is 0. The van der Waals surface area contributed by atoms with E-state index in [9.17, 15) is 10.1 Å². The Hall–Kier alpha value is -2.75. The number of nitriles is 1. The summed E-state index contributed by atoms with van der Waals surface area (Å²) in [6, 6.07) is 5.40. The van der Waals surface area contributed by atoms with Crippen LogP contribution in [0.5, 0.6) is 0 Å². The van der Waals surface area contributed by atoms with Crippen LogP contribution in [0, 0.1) is 21.4 Å². The fourth-order valence-electron chi connectivity index (χ4n) is 1.37. The molecule has 0 unspecified atom stereocenters. The van der Waals surface area contributed by atoms with Crippen LogP contribution >= 0.6 is 0 Å². The molecule has 0 N–H and O–H groups in total. The maximum absolute atomic E-state index is 10.5. The third kappa shape index (κ3) is 2.26. The molecule has 0 saturated carbocycles. The van der Waals surface area contributed by atoms with Crippen molar-refractivity contribution in [2.75, 3.05) is 0 Å². The molecule has 0 bridgehead atoms. The van der Waals surface area contributed by atoms with E-state index in [0.717, 1.165) is 0 Å². The van der Waals surface area contributed by atoms with Gasteiger partial charge in [-0.25, -0.2) is 4.98 Å². The molecule has 2 rings (SSSR count). The normalized spacial score (nSPS) is 9.82. The topological polar surface area (TPSA) is 97.6 Å². The number of nitro groups is 1. The van der Waals surface area contributed by atoms with Gasteiger partial charge in [-0.1, -0.05) is 6.07 Å². The van der Waals surface area contributed by atoms with Gasteiger partial charge in [0.2, 0.25) is 0 Å². The predicted octanol–water partition coefficient (Wildman–Crippen LogP) is 1.11. The lowest BCUT2D eigenvalue weighted by atomic mass is 10.2. The summed E-state index contributed by atoms with van der Waals surface area (Å²) in [5, 5.41) is 23.2. The zero-order valence-corrected chi connectivity index (χ0v) is 8.65. The Morgan fingerprint density at radius 2 is 2.41 bits per heavy atom. The number of hydrogen-bond acceptors (Lipinski definition) is 5. The molecular weight excluding hydrogens is 222 g/mol. The van der Waals surface area contributed by atoms with Crippen LogP contribution < -0.4 is 0 Å². The van der Waals surface area contributed by atoms with Crippen molar-refractivity contribution in [3.63, 3.8) is 0 Å². The van der Waals surface area contributed by atoms with Gasteiger partial charge in [0.25, 0.3) is 0 Å². The van der Waals surface area contributed by atoms with E-state index in [2.05, 4.69) is 10.1 Å². The van der Waals surface area contributed by atoms with Gasteiger partial charge in [0.1, 0.15) is 24.2 Å². The lowest BCUT2D eigenvalue weighted by Gasteiger charge is -2.01. The third-order valence-electron chi connectivity index (χ3n) is 2.16. The van der Waals surface area contributed by atoms with Crippen molar-refractivity contribution in [1.82, 2.24) is 14.8 Å². The number of pyridine rings is 1. The molecule has 84 valence electrons. The molecule has 0 aromatic carbocycles. The molecule has 2 aromatic heterocycles. The zero-order valence-electron chi connectivity index (χ0n) is 8.65. The molecule has 7 heteroatoms. The summed E-state index contributed by atoms with van der Waals surface area (Å²) in [6.45, 7) is 0.282. The van der Waals surface area contributed by atoms with E-state index < -0.39 is 4.92 Å². The van der Waals surface area contributed by atoms with Crippen LogP contribution in [0.15, 0.2) is 30.7 Å². The highest BCUT2D eigenvalue weighted by molar-refractivity contribution is 5.31. The summed E-state index contributed by atoms with van der Waals surface area (Å²) < 4.78 is 1.40. The monoisotopic (exact) mass is 229 g/mol. The van der Waals surface area contributed by atoms with E-state index in [4.69, 9.17) is 5.26 Å². The van der Waals surface area contributed by atoms with Crippen LogP contribution in [0.3, 0.4) is 0 Å². The van der Waals surface area contributed by atoms with Crippen molar-refractivity contribution in [2.24, 2.45) is 0 Å². The first-order chi connectivity index (χ1) is 8.20. The molecule has 0 spiro atoms. The van der Waals surface area contributed by atoms with Crippen molar-refractivity contribution in [3.8, 4) is 6.07 Å².